The third-order valence-corrected chi connectivity index (χ3v) is 7.54. The molecule has 39 heavy (non-hydrogen) atoms. The first-order valence-corrected chi connectivity index (χ1v) is 13.4. The topological polar surface area (TPSA) is 0 Å². The molecule has 0 radical (unpaired) electrons. The maximum Gasteiger partial charge on any atom is 0.412 e. The van der Waals surface area contributed by atoms with Crippen LogP contribution in [0, 0.1) is 23.4 Å². The van der Waals surface area contributed by atoms with E-state index in [1.165, 1.54) is 24.1 Å². The summed E-state index contributed by atoms with van der Waals surface area (Å²) < 4.78 is 96.5. The minimum atomic E-state index is -4.75. The van der Waals surface area contributed by atoms with Crippen LogP contribution in [0.2, 0.25) is 0 Å². The zero-order valence-electron chi connectivity index (χ0n) is 21.7. The molecule has 0 heterocycles. The Morgan fingerprint density at radius 2 is 1.36 bits per heavy atom. The summed E-state index contributed by atoms with van der Waals surface area (Å²) in [5, 5.41) is 0. The van der Waals surface area contributed by atoms with Crippen LogP contribution >= 0.6 is 0 Å². The lowest BCUT2D eigenvalue weighted by Gasteiger charge is -2.28. The Labute approximate surface area is 224 Å². The van der Waals surface area contributed by atoms with Gasteiger partial charge in [0.05, 0.1) is 6.08 Å². The van der Waals surface area contributed by atoms with Gasteiger partial charge in [-0.1, -0.05) is 56.2 Å². The minimum absolute atomic E-state index is 0.0527. The first-order valence-electron chi connectivity index (χ1n) is 13.4. The van der Waals surface area contributed by atoms with Crippen LogP contribution in [0.25, 0.3) is 22.3 Å². The van der Waals surface area contributed by atoms with Gasteiger partial charge in [0.1, 0.15) is 23.3 Å². The van der Waals surface area contributed by atoms with Crippen LogP contribution in [0.5, 0.6) is 0 Å². The third kappa shape index (κ3) is 7.31. The Balaban J connectivity index is 1.48. The normalized spacial score (nSPS) is 18.4. The van der Waals surface area contributed by atoms with Crippen LogP contribution in [-0.2, 0) is 6.42 Å². The molecule has 0 bridgehead atoms. The second-order valence-electron chi connectivity index (χ2n) is 10.3. The van der Waals surface area contributed by atoms with E-state index in [2.05, 4.69) is 6.92 Å². The van der Waals surface area contributed by atoms with Crippen LogP contribution in [0.4, 0.5) is 30.7 Å². The lowest BCUT2D eigenvalue weighted by molar-refractivity contribution is -0.0820. The summed E-state index contributed by atoms with van der Waals surface area (Å²) in [5.41, 5.74) is 2.63. The molecule has 0 spiro atoms. The molecule has 0 saturated heterocycles. The van der Waals surface area contributed by atoms with E-state index in [1.54, 1.807) is 6.07 Å². The van der Waals surface area contributed by atoms with Crippen molar-refractivity contribution in [2.75, 3.05) is 0 Å². The van der Waals surface area contributed by atoms with Crippen LogP contribution in [0.3, 0.4) is 0 Å². The molecular weight excluding hydrogens is 517 g/mol. The average molecular weight is 549 g/mol. The molecule has 0 atom stereocenters. The minimum Gasteiger partial charge on any atom is -0.212 e. The van der Waals surface area contributed by atoms with Crippen molar-refractivity contribution in [3.63, 3.8) is 0 Å². The summed E-state index contributed by atoms with van der Waals surface area (Å²) in [6, 6.07) is 14.6. The maximum atomic E-state index is 15.1. The van der Waals surface area contributed by atoms with Gasteiger partial charge in [-0.05, 0) is 84.9 Å². The summed E-state index contributed by atoms with van der Waals surface area (Å²) >= 11 is 0. The molecule has 0 nitrogen and oxygen atoms in total. The van der Waals surface area contributed by atoms with Gasteiger partial charge >= 0.3 is 6.18 Å². The second kappa shape index (κ2) is 12.4. The standard InChI is InChI=1S/C32H31F7/c1-2-3-4-5-20-6-8-21(9-7-20)24-14-15-26(27(33)16-24)25-17-28(34)31(29(35)18-25)23-12-10-22(11-13-23)30(36)19-32(37,38)39/h6-9,14-19,22-23H,2-5,10-13H2,1H3/b30-19-. The van der Waals surface area contributed by atoms with E-state index < -0.39 is 41.3 Å². The molecule has 1 saturated carbocycles. The molecule has 4 rings (SSSR count). The lowest BCUT2D eigenvalue weighted by Crippen LogP contribution is -2.17. The molecular formula is C32H31F7. The Bertz CT molecular complexity index is 1270. The predicted molar refractivity (Wildman–Crippen MR) is 140 cm³/mol. The van der Waals surface area contributed by atoms with Gasteiger partial charge in [-0.2, -0.15) is 13.2 Å². The zero-order valence-corrected chi connectivity index (χ0v) is 21.7. The quantitative estimate of drug-likeness (QED) is 0.194. The van der Waals surface area contributed by atoms with Crippen LogP contribution in [0.1, 0.15) is 68.9 Å². The first kappa shape index (κ1) is 28.9. The fourth-order valence-electron chi connectivity index (χ4n) is 5.43. The number of rotatable bonds is 8. The summed E-state index contributed by atoms with van der Waals surface area (Å²) in [6.07, 6.45) is -0.270. The highest BCUT2D eigenvalue weighted by atomic mass is 19.4. The number of aryl methyl sites for hydroxylation is 1. The van der Waals surface area contributed by atoms with E-state index in [0.717, 1.165) is 37.0 Å². The van der Waals surface area contributed by atoms with E-state index >= 15 is 13.2 Å². The molecule has 0 aromatic heterocycles. The molecule has 208 valence electrons. The predicted octanol–water partition coefficient (Wildman–Crippen LogP) is 10.9. The highest BCUT2D eigenvalue weighted by Gasteiger charge is 2.32. The van der Waals surface area contributed by atoms with E-state index in [-0.39, 0.29) is 48.4 Å². The summed E-state index contributed by atoms with van der Waals surface area (Å²) in [7, 11) is 0. The highest BCUT2D eigenvalue weighted by Crippen LogP contribution is 2.42. The highest BCUT2D eigenvalue weighted by molar-refractivity contribution is 5.71. The molecule has 1 fully saturated rings. The molecule has 0 amide bonds. The van der Waals surface area contributed by atoms with Gasteiger partial charge in [0.2, 0.25) is 0 Å². The summed E-state index contributed by atoms with van der Waals surface area (Å²) in [4.78, 5) is 0. The van der Waals surface area contributed by atoms with Crippen molar-refractivity contribution in [3.05, 3.63) is 95.1 Å². The van der Waals surface area contributed by atoms with Crippen molar-refractivity contribution >= 4 is 0 Å². The Morgan fingerprint density at radius 3 is 1.92 bits per heavy atom. The number of allylic oxidation sites excluding steroid dienone is 2. The maximum absolute atomic E-state index is 15.1. The average Bonchev–Trinajstić information content (AvgIpc) is 2.88. The molecule has 1 aliphatic carbocycles. The van der Waals surface area contributed by atoms with Gasteiger partial charge in [0.25, 0.3) is 0 Å². The molecule has 0 unspecified atom stereocenters. The monoisotopic (exact) mass is 548 g/mol. The number of unbranched alkanes of at least 4 members (excludes halogenated alkanes) is 2. The van der Waals surface area contributed by atoms with Crippen LogP contribution in [0.15, 0.2) is 66.5 Å². The van der Waals surface area contributed by atoms with Crippen molar-refractivity contribution < 1.29 is 30.7 Å². The van der Waals surface area contributed by atoms with Gasteiger partial charge in [0, 0.05) is 17.0 Å². The van der Waals surface area contributed by atoms with Gasteiger partial charge < -0.3 is 0 Å². The molecule has 1 aliphatic rings. The number of benzene rings is 3. The number of halogens is 7. The molecule has 3 aromatic carbocycles. The second-order valence-corrected chi connectivity index (χ2v) is 10.3. The van der Waals surface area contributed by atoms with E-state index in [1.807, 2.05) is 24.3 Å². The largest absolute Gasteiger partial charge is 0.412 e. The molecule has 3 aromatic rings. The van der Waals surface area contributed by atoms with Crippen molar-refractivity contribution in [3.8, 4) is 22.3 Å². The van der Waals surface area contributed by atoms with E-state index in [0.29, 0.717) is 5.56 Å². The van der Waals surface area contributed by atoms with Crippen LogP contribution < -0.4 is 0 Å². The smallest absolute Gasteiger partial charge is 0.212 e. The fraction of sp³-hybridized carbons (Fsp3) is 0.375. The Morgan fingerprint density at radius 1 is 0.769 bits per heavy atom. The van der Waals surface area contributed by atoms with Gasteiger partial charge in [-0.3, -0.25) is 0 Å². The molecule has 0 aliphatic heterocycles. The fourth-order valence-corrected chi connectivity index (χ4v) is 5.43. The van der Waals surface area contributed by atoms with Crippen molar-refractivity contribution in [2.24, 2.45) is 5.92 Å². The summed E-state index contributed by atoms with van der Waals surface area (Å²) in [6.45, 7) is 2.15. The van der Waals surface area contributed by atoms with E-state index in [9.17, 15) is 17.6 Å². The van der Waals surface area contributed by atoms with Crippen molar-refractivity contribution in [2.45, 2.75) is 70.4 Å². The number of alkyl halides is 3. The Hall–Kier alpha value is -3.09. The Kier molecular flexibility index (Phi) is 9.19. The van der Waals surface area contributed by atoms with Gasteiger partial charge in [0.15, 0.2) is 0 Å². The zero-order chi connectivity index (χ0) is 28.2. The lowest BCUT2D eigenvalue weighted by atomic mass is 9.77. The van der Waals surface area contributed by atoms with Crippen molar-refractivity contribution in [1.82, 2.24) is 0 Å². The number of hydrogen-bond donors (Lipinski definition) is 0. The molecule has 0 N–H and O–H groups in total. The van der Waals surface area contributed by atoms with E-state index in [4.69, 9.17) is 0 Å². The number of hydrogen-bond acceptors (Lipinski definition) is 0. The van der Waals surface area contributed by atoms with Gasteiger partial charge in [-0.15, -0.1) is 0 Å². The van der Waals surface area contributed by atoms with Gasteiger partial charge in [-0.25, -0.2) is 17.6 Å². The van der Waals surface area contributed by atoms with Crippen LogP contribution in [-0.4, -0.2) is 6.18 Å². The van der Waals surface area contributed by atoms with Crippen molar-refractivity contribution in [1.29, 1.82) is 0 Å². The summed E-state index contributed by atoms with van der Waals surface area (Å²) in [5.74, 6) is -5.06. The third-order valence-electron chi connectivity index (χ3n) is 7.54. The molecule has 7 heteroatoms. The SMILES string of the molecule is CCCCCc1ccc(-c2ccc(-c3cc(F)c(C4CCC(/C(F)=C/C(F)(F)F)CC4)c(F)c3)c(F)c2)cc1. The first-order chi connectivity index (χ1) is 18.6.